The van der Waals surface area contributed by atoms with Gasteiger partial charge >= 0.3 is 0 Å². The molecule has 0 aliphatic rings. The predicted molar refractivity (Wildman–Crippen MR) is 69.9 cm³/mol. The molecule has 0 fully saturated rings. The van der Waals surface area contributed by atoms with Crippen molar-refractivity contribution < 1.29 is 4.42 Å². The van der Waals surface area contributed by atoms with Crippen molar-refractivity contribution in [2.24, 2.45) is 0 Å². The van der Waals surface area contributed by atoms with Crippen molar-refractivity contribution in [1.82, 2.24) is 15.2 Å². The minimum Gasteiger partial charge on any atom is -0.445 e. The summed E-state index contributed by atoms with van der Waals surface area (Å²) >= 11 is 0. The molecular formula is C14H7N3O. The Morgan fingerprint density at radius 3 is 2.94 bits per heavy atom. The van der Waals surface area contributed by atoms with Crippen molar-refractivity contribution in [2.45, 2.75) is 0 Å². The quantitative estimate of drug-likeness (QED) is 0.417. The van der Waals surface area contributed by atoms with Crippen LogP contribution in [0.15, 0.2) is 41.1 Å². The molecule has 18 heavy (non-hydrogen) atoms. The summed E-state index contributed by atoms with van der Waals surface area (Å²) < 4.78 is 5.43. The molecule has 4 heteroatoms. The highest BCUT2D eigenvalue weighted by Gasteiger charge is 2.16. The zero-order chi connectivity index (χ0) is 11.7. The van der Waals surface area contributed by atoms with Gasteiger partial charge in [0.15, 0.2) is 0 Å². The molecule has 0 bridgehead atoms. The zero-order valence-corrected chi connectivity index (χ0v) is 9.27. The molecule has 1 N–H and O–H groups in total. The van der Waals surface area contributed by atoms with Gasteiger partial charge in [0.2, 0.25) is 5.71 Å². The highest BCUT2D eigenvalue weighted by Crippen LogP contribution is 2.38. The second-order valence-corrected chi connectivity index (χ2v) is 4.48. The molecule has 0 saturated heterocycles. The standard InChI is InChI=1S/C14H7N3O/c1-2-7-8-4-5-18-14-12(8)13(16-17-14)9-6-15-10(3-1)11(7)9/h1-6H,(H,16,17). The Hall–Kier alpha value is -2.62. The third-order valence-electron chi connectivity index (χ3n) is 3.62. The van der Waals surface area contributed by atoms with Crippen LogP contribution in [0.5, 0.6) is 0 Å². The zero-order valence-electron chi connectivity index (χ0n) is 9.27. The van der Waals surface area contributed by atoms with Gasteiger partial charge in [-0.05, 0) is 17.5 Å². The molecule has 0 aliphatic heterocycles. The maximum Gasteiger partial charge on any atom is 0.246 e. The number of hydrogen-bond acceptors (Lipinski definition) is 3. The summed E-state index contributed by atoms with van der Waals surface area (Å²) in [6.45, 7) is 0. The van der Waals surface area contributed by atoms with Gasteiger partial charge in [-0.2, -0.15) is 0 Å². The Morgan fingerprint density at radius 2 is 1.94 bits per heavy atom. The van der Waals surface area contributed by atoms with Crippen LogP contribution in [0.1, 0.15) is 0 Å². The van der Waals surface area contributed by atoms with Gasteiger partial charge in [-0.15, -0.1) is 5.10 Å². The number of rotatable bonds is 0. The van der Waals surface area contributed by atoms with Crippen LogP contribution in [-0.4, -0.2) is 15.2 Å². The van der Waals surface area contributed by atoms with Gasteiger partial charge in [0.25, 0.3) is 0 Å². The summed E-state index contributed by atoms with van der Waals surface area (Å²) in [6, 6.07) is 8.19. The van der Waals surface area contributed by atoms with Gasteiger partial charge in [0, 0.05) is 22.4 Å². The Labute approximate surface area is 101 Å². The van der Waals surface area contributed by atoms with E-state index in [1.807, 2.05) is 24.4 Å². The molecule has 3 heterocycles. The second-order valence-electron chi connectivity index (χ2n) is 4.48. The Bertz CT molecular complexity index is 941. The van der Waals surface area contributed by atoms with E-state index in [9.17, 15) is 0 Å². The van der Waals surface area contributed by atoms with Crippen molar-refractivity contribution >= 4 is 43.7 Å². The van der Waals surface area contributed by atoms with Crippen LogP contribution in [0.2, 0.25) is 0 Å². The lowest BCUT2D eigenvalue weighted by Gasteiger charge is -2.03. The van der Waals surface area contributed by atoms with E-state index in [1.165, 1.54) is 10.8 Å². The van der Waals surface area contributed by atoms with Gasteiger partial charge < -0.3 is 4.42 Å². The molecule has 0 spiro atoms. The number of hydrogen-bond donors (Lipinski definition) is 1. The first-order valence-electron chi connectivity index (χ1n) is 5.77. The molecule has 3 aromatic heterocycles. The minimum absolute atomic E-state index is 0.645. The number of fused-ring (bicyclic) bond motifs is 2. The van der Waals surface area contributed by atoms with Crippen molar-refractivity contribution in [2.75, 3.05) is 0 Å². The fourth-order valence-corrected chi connectivity index (χ4v) is 2.87. The monoisotopic (exact) mass is 233 g/mol. The summed E-state index contributed by atoms with van der Waals surface area (Å²) in [6.07, 6.45) is 3.58. The number of aromatic nitrogens is 3. The second kappa shape index (κ2) is 2.61. The van der Waals surface area contributed by atoms with Crippen LogP contribution in [0.25, 0.3) is 43.7 Å². The van der Waals surface area contributed by atoms with Crippen LogP contribution < -0.4 is 0 Å². The van der Waals surface area contributed by atoms with E-state index < -0.39 is 0 Å². The minimum atomic E-state index is 0.645. The first kappa shape index (κ1) is 8.47. The molecule has 4 nitrogen and oxygen atoms in total. The molecular weight excluding hydrogens is 226 g/mol. The van der Waals surface area contributed by atoms with Crippen LogP contribution in [0, 0.1) is 0 Å². The molecule has 84 valence electrons. The predicted octanol–water partition coefficient (Wildman–Crippen LogP) is 3.45. The third-order valence-corrected chi connectivity index (χ3v) is 3.62. The topological polar surface area (TPSA) is 54.7 Å². The fourth-order valence-electron chi connectivity index (χ4n) is 2.87. The maximum atomic E-state index is 5.43. The Balaban J connectivity index is 2.35. The highest BCUT2D eigenvalue weighted by molar-refractivity contribution is 6.30. The molecule has 2 aromatic carbocycles. The summed E-state index contributed by atoms with van der Waals surface area (Å²) in [5, 5.41) is 13.0. The average molecular weight is 233 g/mol. The largest absolute Gasteiger partial charge is 0.445 e. The summed E-state index contributed by atoms with van der Waals surface area (Å²) in [7, 11) is 0. The lowest BCUT2D eigenvalue weighted by Crippen LogP contribution is -1.79. The normalized spacial score (nSPS) is 12.4. The molecule has 5 aromatic rings. The summed E-state index contributed by atoms with van der Waals surface area (Å²) in [5.41, 5.74) is 2.67. The van der Waals surface area contributed by atoms with Crippen LogP contribution >= 0.6 is 0 Å². The summed E-state index contributed by atoms with van der Waals surface area (Å²) in [5.74, 6) is 0. The van der Waals surface area contributed by atoms with Crippen LogP contribution in [0.4, 0.5) is 0 Å². The van der Waals surface area contributed by atoms with E-state index in [4.69, 9.17) is 4.42 Å². The Morgan fingerprint density at radius 1 is 1.00 bits per heavy atom. The molecule has 5 rings (SSSR count). The Kier molecular flexibility index (Phi) is 1.23. The molecule has 0 atom stereocenters. The van der Waals surface area contributed by atoms with Gasteiger partial charge in [-0.1, -0.05) is 12.1 Å². The molecule has 0 radical (unpaired) electrons. The number of nitrogens with zero attached hydrogens (tertiary/aromatic N) is 2. The van der Waals surface area contributed by atoms with Gasteiger partial charge in [-0.25, -0.2) is 0 Å². The van der Waals surface area contributed by atoms with E-state index in [2.05, 4.69) is 21.2 Å². The van der Waals surface area contributed by atoms with Crippen molar-refractivity contribution in [1.29, 1.82) is 0 Å². The van der Waals surface area contributed by atoms with E-state index in [0.717, 1.165) is 27.2 Å². The number of aromatic amines is 1. The van der Waals surface area contributed by atoms with Crippen molar-refractivity contribution in [3.8, 4) is 0 Å². The number of benzene rings is 2. The first-order chi connectivity index (χ1) is 8.93. The van der Waals surface area contributed by atoms with Crippen molar-refractivity contribution in [3.05, 3.63) is 36.7 Å². The molecule has 0 aliphatic carbocycles. The van der Waals surface area contributed by atoms with E-state index in [-0.39, 0.29) is 0 Å². The number of H-pyrrole nitrogens is 1. The molecule has 0 unspecified atom stereocenters. The van der Waals surface area contributed by atoms with Gasteiger partial charge in [0.05, 0.1) is 22.7 Å². The van der Waals surface area contributed by atoms with E-state index in [0.29, 0.717) is 5.71 Å². The highest BCUT2D eigenvalue weighted by atomic mass is 16.3. The van der Waals surface area contributed by atoms with Gasteiger partial charge in [0.1, 0.15) is 0 Å². The molecule has 0 amide bonds. The van der Waals surface area contributed by atoms with Gasteiger partial charge in [-0.3, -0.25) is 10.1 Å². The summed E-state index contributed by atoms with van der Waals surface area (Å²) in [4.78, 5) is 4.46. The number of nitrogens with one attached hydrogen (secondary N) is 1. The lowest BCUT2D eigenvalue weighted by atomic mass is 10.0. The smallest absolute Gasteiger partial charge is 0.246 e. The maximum absolute atomic E-state index is 5.43. The first-order valence-corrected chi connectivity index (χ1v) is 5.77. The fraction of sp³-hybridized carbons (Fsp3) is 0. The van der Waals surface area contributed by atoms with E-state index in [1.54, 1.807) is 6.26 Å². The average Bonchev–Trinajstić information content (AvgIpc) is 3.01. The molecule has 0 saturated carbocycles. The lowest BCUT2D eigenvalue weighted by molar-refractivity contribution is 0.590. The van der Waals surface area contributed by atoms with Crippen LogP contribution in [-0.2, 0) is 0 Å². The third kappa shape index (κ3) is 0.777. The van der Waals surface area contributed by atoms with E-state index >= 15 is 0 Å². The van der Waals surface area contributed by atoms with Crippen molar-refractivity contribution in [3.63, 3.8) is 0 Å². The van der Waals surface area contributed by atoms with Crippen LogP contribution in [0.3, 0.4) is 0 Å². The SMILES string of the molecule is c1cc2ncc3c4[nH]nc5occc(c(c1)c23)c54.